The molecule has 0 bridgehead atoms. The van der Waals surface area contributed by atoms with Gasteiger partial charge in [0.2, 0.25) is 0 Å². The number of carbonyl (C=O) groups excluding carboxylic acids is 2. The summed E-state index contributed by atoms with van der Waals surface area (Å²) >= 11 is 0. The van der Waals surface area contributed by atoms with Crippen molar-refractivity contribution in [1.29, 1.82) is 0 Å². The summed E-state index contributed by atoms with van der Waals surface area (Å²) in [6.45, 7) is 8.87. The molecular formula is C20H27NO6. The Morgan fingerprint density at radius 1 is 1.15 bits per heavy atom. The Balaban J connectivity index is 1.71. The molecule has 0 N–H and O–H groups in total. The van der Waals surface area contributed by atoms with Crippen LogP contribution in [0.1, 0.15) is 49.5 Å². The van der Waals surface area contributed by atoms with Crippen LogP contribution in [0.25, 0.3) is 0 Å². The number of benzene rings is 1. The molecule has 0 aromatic heterocycles. The van der Waals surface area contributed by atoms with Crippen molar-refractivity contribution in [2.45, 2.75) is 51.7 Å². The van der Waals surface area contributed by atoms with Gasteiger partial charge in [-0.15, -0.1) is 0 Å². The molecular weight excluding hydrogens is 350 g/mol. The summed E-state index contributed by atoms with van der Waals surface area (Å²) in [4.78, 5) is 25.9. The summed E-state index contributed by atoms with van der Waals surface area (Å²) in [6.07, 6.45) is 0.957. The summed E-state index contributed by atoms with van der Waals surface area (Å²) < 4.78 is 22.5. The summed E-state index contributed by atoms with van der Waals surface area (Å²) in [5, 5.41) is 0. The van der Waals surface area contributed by atoms with E-state index in [-0.39, 0.29) is 6.09 Å². The van der Waals surface area contributed by atoms with E-state index in [1.54, 1.807) is 17.0 Å². The van der Waals surface area contributed by atoms with E-state index in [2.05, 4.69) is 0 Å². The highest BCUT2D eigenvalue weighted by Gasteiger charge is 2.43. The number of amides is 1. The van der Waals surface area contributed by atoms with Crippen molar-refractivity contribution in [1.82, 2.24) is 4.90 Å². The average Bonchev–Trinajstić information content (AvgIpc) is 2.60. The Morgan fingerprint density at radius 2 is 1.81 bits per heavy atom. The van der Waals surface area contributed by atoms with Gasteiger partial charge in [0.15, 0.2) is 11.5 Å². The first-order valence-electron chi connectivity index (χ1n) is 9.15. The maximum atomic E-state index is 12.3. The fourth-order valence-corrected chi connectivity index (χ4v) is 3.33. The molecule has 2 aliphatic rings. The van der Waals surface area contributed by atoms with Crippen molar-refractivity contribution in [3.05, 3.63) is 23.3 Å². The average molecular weight is 377 g/mol. The third-order valence-corrected chi connectivity index (χ3v) is 4.84. The third-order valence-electron chi connectivity index (χ3n) is 4.84. The van der Waals surface area contributed by atoms with Gasteiger partial charge in [0.05, 0.1) is 12.7 Å². The van der Waals surface area contributed by atoms with Gasteiger partial charge in [-0.25, -0.2) is 9.59 Å². The van der Waals surface area contributed by atoms with Crippen molar-refractivity contribution in [2.24, 2.45) is 0 Å². The van der Waals surface area contributed by atoms with E-state index in [0.717, 1.165) is 5.56 Å². The smallest absolute Gasteiger partial charge is 0.410 e. The second kappa shape index (κ2) is 6.94. The van der Waals surface area contributed by atoms with Crippen LogP contribution in [0.3, 0.4) is 0 Å². The normalized spacial score (nSPS) is 18.2. The molecule has 7 nitrogen and oxygen atoms in total. The monoisotopic (exact) mass is 377 g/mol. The first kappa shape index (κ1) is 19.3. The molecule has 148 valence electrons. The van der Waals surface area contributed by atoms with Gasteiger partial charge < -0.3 is 23.8 Å². The predicted molar refractivity (Wildman–Crippen MR) is 98.4 cm³/mol. The molecule has 0 unspecified atom stereocenters. The van der Waals surface area contributed by atoms with Gasteiger partial charge in [0.1, 0.15) is 17.8 Å². The van der Waals surface area contributed by atoms with Crippen molar-refractivity contribution >= 4 is 12.1 Å². The van der Waals surface area contributed by atoms with E-state index < -0.39 is 17.2 Å². The van der Waals surface area contributed by atoms with Gasteiger partial charge in [-0.1, -0.05) is 0 Å². The third kappa shape index (κ3) is 4.12. The first-order valence-corrected chi connectivity index (χ1v) is 9.15. The molecule has 1 fully saturated rings. The fraction of sp³-hybridized carbons (Fsp3) is 0.600. The highest BCUT2D eigenvalue weighted by molar-refractivity contribution is 5.92. The lowest BCUT2D eigenvalue weighted by molar-refractivity contribution is -0.0560. The topological polar surface area (TPSA) is 74.3 Å². The number of piperidine rings is 1. The Hall–Kier alpha value is -2.44. The molecule has 1 amide bonds. The van der Waals surface area contributed by atoms with E-state index in [4.69, 9.17) is 18.9 Å². The van der Waals surface area contributed by atoms with Gasteiger partial charge in [-0.05, 0) is 45.4 Å². The molecule has 0 radical (unpaired) electrons. The van der Waals surface area contributed by atoms with Crippen LogP contribution < -0.4 is 9.47 Å². The van der Waals surface area contributed by atoms with Crippen LogP contribution in [0, 0.1) is 6.92 Å². The van der Waals surface area contributed by atoms with Crippen molar-refractivity contribution in [2.75, 3.05) is 26.8 Å². The van der Waals surface area contributed by atoms with E-state index in [0.29, 0.717) is 49.6 Å². The minimum absolute atomic E-state index is 0.307. The number of esters is 1. The van der Waals surface area contributed by atoms with Gasteiger partial charge >= 0.3 is 12.1 Å². The molecule has 27 heavy (non-hydrogen) atoms. The number of methoxy groups -OCH3 is 1. The zero-order valence-corrected chi connectivity index (χ0v) is 16.6. The van der Waals surface area contributed by atoms with Crippen molar-refractivity contribution < 1.29 is 28.5 Å². The number of likely N-dealkylation sites (tertiary alicyclic amines) is 1. The van der Waals surface area contributed by atoms with Gasteiger partial charge in [0.25, 0.3) is 0 Å². The van der Waals surface area contributed by atoms with E-state index >= 15 is 0 Å². The van der Waals surface area contributed by atoms with E-state index in [9.17, 15) is 9.59 Å². The Labute approximate surface area is 159 Å². The summed E-state index contributed by atoms with van der Waals surface area (Å²) in [7, 11) is 1.35. The largest absolute Gasteiger partial charge is 0.486 e. The van der Waals surface area contributed by atoms with E-state index in [1.165, 1.54) is 7.11 Å². The molecule has 3 rings (SSSR count). The van der Waals surface area contributed by atoms with Crippen LogP contribution >= 0.6 is 0 Å². The van der Waals surface area contributed by atoms with E-state index in [1.807, 2.05) is 27.7 Å². The maximum Gasteiger partial charge on any atom is 0.410 e. The summed E-state index contributed by atoms with van der Waals surface area (Å²) in [5.41, 5.74) is 0.217. The Bertz CT molecular complexity index is 744. The van der Waals surface area contributed by atoms with Crippen LogP contribution in [0.5, 0.6) is 11.5 Å². The number of rotatable bonds is 1. The highest BCUT2D eigenvalue weighted by Crippen LogP contribution is 2.41. The maximum absolute atomic E-state index is 12.3. The first-order chi connectivity index (χ1) is 12.6. The second-order valence-electron chi connectivity index (χ2n) is 8.15. The standard InChI is InChI=1S/C20H27NO6/c1-13-10-15-16(11-14(13)17(22)24-5)26-20(12-25-15)6-8-21(9-7-20)18(23)27-19(2,3)4/h10-11H,6-9,12H2,1-5H3. The molecule has 2 aliphatic heterocycles. The van der Waals surface area contributed by atoms with Crippen LogP contribution in [0.15, 0.2) is 12.1 Å². The lowest BCUT2D eigenvalue weighted by atomic mass is 9.91. The lowest BCUT2D eigenvalue weighted by Gasteiger charge is -2.44. The van der Waals surface area contributed by atoms with Crippen LogP contribution in [-0.4, -0.2) is 55.0 Å². The number of hydrogen-bond donors (Lipinski definition) is 0. The Kier molecular flexibility index (Phi) is 4.97. The molecule has 7 heteroatoms. The Morgan fingerprint density at radius 3 is 2.41 bits per heavy atom. The fourth-order valence-electron chi connectivity index (χ4n) is 3.33. The summed E-state index contributed by atoms with van der Waals surface area (Å²) in [5.74, 6) is 0.761. The second-order valence-corrected chi connectivity index (χ2v) is 8.15. The highest BCUT2D eigenvalue weighted by atomic mass is 16.6. The zero-order valence-electron chi connectivity index (χ0n) is 16.6. The number of carbonyl (C=O) groups is 2. The van der Waals surface area contributed by atoms with Crippen LogP contribution in [0.4, 0.5) is 4.79 Å². The molecule has 1 aromatic carbocycles. The zero-order chi connectivity index (χ0) is 19.8. The molecule has 1 saturated heterocycles. The minimum atomic E-state index is -0.516. The molecule has 0 saturated carbocycles. The minimum Gasteiger partial charge on any atom is -0.486 e. The quantitative estimate of drug-likeness (QED) is 0.699. The lowest BCUT2D eigenvalue weighted by Crippen LogP contribution is -2.54. The number of aryl methyl sites for hydroxylation is 1. The number of hydrogen-bond acceptors (Lipinski definition) is 6. The van der Waals surface area contributed by atoms with Crippen molar-refractivity contribution in [3.8, 4) is 11.5 Å². The van der Waals surface area contributed by atoms with Gasteiger partial charge in [0, 0.05) is 25.9 Å². The molecule has 2 heterocycles. The number of fused-ring (bicyclic) bond motifs is 1. The van der Waals surface area contributed by atoms with Gasteiger partial charge in [-0.3, -0.25) is 0 Å². The number of nitrogens with zero attached hydrogens (tertiary/aromatic N) is 1. The summed E-state index contributed by atoms with van der Waals surface area (Å²) in [6, 6.07) is 3.47. The SMILES string of the molecule is COC(=O)c1cc2c(cc1C)OCC1(CCN(C(=O)OC(C)(C)C)CC1)O2. The van der Waals surface area contributed by atoms with Crippen molar-refractivity contribution in [3.63, 3.8) is 0 Å². The van der Waals surface area contributed by atoms with Gasteiger partial charge in [-0.2, -0.15) is 0 Å². The molecule has 1 aromatic rings. The van der Waals surface area contributed by atoms with Crippen LogP contribution in [0.2, 0.25) is 0 Å². The molecule has 0 aliphatic carbocycles. The number of ether oxygens (including phenoxy) is 4. The predicted octanol–water partition coefficient (Wildman–Crippen LogP) is 3.32. The van der Waals surface area contributed by atoms with Crippen LogP contribution in [-0.2, 0) is 9.47 Å². The molecule has 1 spiro atoms. The molecule has 0 atom stereocenters.